The largest absolute Gasteiger partial charge is 0.497 e. The quantitative estimate of drug-likeness (QED) is 0.313. The van der Waals surface area contributed by atoms with Crippen LogP contribution in [0.2, 0.25) is 0 Å². The molecule has 0 saturated heterocycles. The van der Waals surface area contributed by atoms with Crippen molar-refractivity contribution >= 4 is 22.8 Å². The second kappa shape index (κ2) is 5.99. The maximum absolute atomic E-state index is 12.3. The maximum atomic E-state index is 12.3. The van der Waals surface area contributed by atoms with E-state index in [1.54, 1.807) is 13.0 Å². The fraction of sp³-hybridized carbons (Fsp3) is 0.125. The summed E-state index contributed by atoms with van der Waals surface area (Å²) in [5, 5.41) is 11.1. The van der Waals surface area contributed by atoms with Crippen molar-refractivity contribution in [2.24, 2.45) is 0 Å². The van der Waals surface area contributed by atoms with Gasteiger partial charge in [-0.2, -0.15) is 0 Å². The monoisotopic (exact) mass is 328 g/mol. The summed E-state index contributed by atoms with van der Waals surface area (Å²) in [6, 6.07) is 8.52. The fourth-order valence-electron chi connectivity index (χ4n) is 2.21. The number of aryl methyl sites for hydroxylation is 1. The van der Waals surface area contributed by atoms with Crippen LogP contribution in [0.4, 0.5) is 5.69 Å². The molecule has 0 bridgehead atoms. The topological polar surface area (TPSA) is 105 Å². The third-order valence-corrected chi connectivity index (χ3v) is 3.30. The molecule has 3 rings (SSSR count). The third kappa shape index (κ3) is 2.89. The summed E-state index contributed by atoms with van der Waals surface area (Å²) in [6.07, 6.45) is 0. The molecule has 0 spiro atoms. The highest BCUT2D eigenvalue weighted by molar-refractivity contribution is 5.96. The SMILES string of the molecule is COc1ccc([N+](=O)[O-])c(C(=O)Oc2ccc3nc(C)oc3c2)c1. The van der Waals surface area contributed by atoms with Crippen LogP contribution < -0.4 is 9.47 Å². The van der Waals surface area contributed by atoms with Crippen LogP contribution in [0.1, 0.15) is 16.2 Å². The Labute approximate surface area is 135 Å². The molecule has 0 unspecified atom stereocenters. The minimum absolute atomic E-state index is 0.195. The molecule has 1 aromatic heterocycles. The fourth-order valence-corrected chi connectivity index (χ4v) is 2.21. The van der Waals surface area contributed by atoms with Crippen molar-refractivity contribution in [1.29, 1.82) is 0 Å². The van der Waals surface area contributed by atoms with Gasteiger partial charge >= 0.3 is 5.97 Å². The van der Waals surface area contributed by atoms with Crippen LogP contribution in [-0.4, -0.2) is 23.0 Å². The molecule has 1 heterocycles. The Kier molecular flexibility index (Phi) is 3.87. The number of hydrogen-bond acceptors (Lipinski definition) is 7. The Morgan fingerprint density at radius 1 is 1.21 bits per heavy atom. The molecule has 0 aliphatic rings. The van der Waals surface area contributed by atoms with Crippen LogP contribution >= 0.6 is 0 Å². The number of aromatic nitrogens is 1. The Morgan fingerprint density at radius 2 is 1.96 bits per heavy atom. The zero-order chi connectivity index (χ0) is 17.3. The summed E-state index contributed by atoms with van der Waals surface area (Å²) < 4.78 is 15.6. The summed E-state index contributed by atoms with van der Waals surface area (Å²) in [4.78, 5) is 26.9. The number of nitrogens with zero attached hydrogens (tertiary/aromatic N) is 2. The molecular formula is C16H12N2O6. The number of hydrogen-bond donors (Lipinski definition) is 0. The molecule has 0 radical (unpaired) electrons. The van der Waals surface area contributed by atoms with Gasteiger partial charge in [-0.05, 0) is 18.2 Å². The minimum Gasteiger partial charge on any atom is -0.497 e. The van der Waals surface area contributed by atoms with Crippen molar-refractivity contribution in [3.05, 3.63) is 58.0 Å². The number of oxazole rings is 1. The Bertz CT molecular complexity index is 947. The van der Waals surface area contributed by atoms with Gasteiger partial charge in [-0.3, -0.25) is 10.1 Å². The highest BCUT2D eigenvalue weighted by Crippen LogP contribution is 2.27. The van der Waals surface area contributed by atoms with Crippen LogP contribution in [0, 0.1) is 17.0 Å². The van der Waals surface area contributed by atoms with E-state index in [2.05, 4.69) is 4.98 Å². The van der Waals surface area contributed by atoms with Crippen molar-refractivity contribution in [3.8, 4) is 11.5 Å². The van der Waals surface area contributed by atoms with Crippen LogP contribution in [0.25, 0.3) is 11.1 Å². The Balaban J connectivity index is 1.94. The molecule has 0 amide bonds. The molecule has 0 saturated carbocycles. The molecule has 0 fully saturated rings. The number of carbonyl (C=O) groups excluding carboxylic acids is 1. The molecule has 24 heavy (non-hydrogen) atoms. The number of nitro groups is 1. The summed E-state index contributed by atoms with van der Waals surface area (Å²) in [7, 11) is 1.40. The normalized spacial score (nSPS) is 10.6. The Hall–Kier alpha value is -3.42. The summed E-state index contributed by atoms with van der Waals surface area (Å²) in [6.45, 7) is 1.70. The standard InChI is InChI=1S/C16H12N2O6/c1-9-17-13-5-3-11(8-15(13)23-9)24-16(19)12-7-10(22-2)4-6-14(12)18(20)21/h3-8H,1-2H3. The average molecular weight is 328 g/mol. The van der Waals surface area contributed by atoms with E-state index >= 15 is 0 Å². The predicted octanol–water partition coefficient (Wildman–Crippen LogP) is 3.27. The lowest BCUT2D eigenvalue weighted by Gasteiger charge is -2.06. The van der Waals surface area contributed by atoms with Crippen molar-refractivity contribution in [2.75, 3.05) is 7.11 Å². The first-order valence-corrected chi connectivity index (χ1v) is 6.90. The van der Waals surface area contributed by atoms with Crippen LogP contribution in [0.15, 0.2) is 40.8 Å². The van der Waals surface area contributed by atoms with Crippen LogP contribution in [0.5, 0.6) is 11.5 Å². The van der Waals surface area contributed by atoms with Gasteiger partial charge in [0, 0.05) is 25.1 Å². The molecule has 8 heteroatoms. The molecule has 0 aliphatic carbocycles. The van der Waals surface area contributed by atoms with Crippen LogP contribution in [0.3, 0.4) is 0 Å². The lowest BCUT2D eigenvalue weighted by molar-refractivity contribution is -0.385. The molecule has 8 nitrogen and oxygen atoms in total. The predicted molar refractivity (Wildman–Crippen MR) is 83.4 cm³/mol. The molecule has 0 atom stereocenters. The van der Waals surface area contributed by atoms with Gasteiger partial charge < -0.3 is 13.9 Å². The van der Waals surface area contributed by atoms with Crippen molar-refractivity contribution in [1.82, 2.24) is 4.98 Å². The van der Waals surface area contributed by atoms with Gasteiger partial charge in [0.15, 0.2) is 11.5 Å². The molecule has 0 N–H and O–H groups in total. The van der Waals surface area contributed by atoms with Gasteiger partial charge in [-0.25, -0.2) is 9.78 Å². The summed E-state index contributed by atoms with van der Waals surface area (Å²) >= 11 is 0. The van der Waals surface area contributed by atoms with Crippen molar-refractivity contribution in [3.63, 3.8) is 0 Å². The molecule has 3 aromatic rings. The number of carbonyl (C=O) groups is 1. The number of benzene rings is 2. The van der Waals surface area contributed by atoms with Gasteiger partial charge in [0.05, 0.1) is 12.0 Å². The van der Waals surface area contributed by atoms with Crippen molar-refractivity contribution in [2.45, 2.75) is 6.92 Å². The molecule has 122 valence electrons. The lowest BCUT2D eigenvalue weighted by atomic mass is 10.1. The van der Waals surface area contributed by atoms with Gasteiger partial charge in [-0.15, -0.1) is 0 Å². The number of nitro benzene ring substituents is 1. The zero-order valence-corrected chi connectivity index (χ0v) is 12.8. The second-order valence-electron chi connectivity index (χ2n) is 4.89. The number of esters is 1. The van der Waals surface area contributed by atoms with Gasteiger partial charge in [0.2, 0.25) is 0 Å². The van der Waals surface area contributed by atoms with Gasteiger partial charge in [0.25, 0.3) is 5.69 Å². The number of methoxy groups -OCH3 is 1. The van der Waals surface area contributed by atoms with E-state index in [1.165, 1.54) is 37.4 Å². The highest BCUT2D eigenvalue weighted by atomic mass is 16.6. The van der Waals surface area contributed by atoms with E-state index in [4.69, 9.17) is 13.9 Å². The van der Waals surface area contributed by atoms with Gasteiger partial charge in [0.1, 0.15) is 22.6 Å². The van der Waals surface area contributed by atoms with Crippen molar-refractivity contribution < 1.29 is 23.6 Å². The summed E-state index contributed by atoms with van der Waals surface area (Å²) in [5.41, 5.74) is 0.517. The van der Waals surface area contributed by atoms with E-state index in [-0.39, 0.29) is 17.0 Å². The number of fused-ring (bicyclic) bond motifs is 1. The van der Waals surface area contributed by atoms with E-state index in [0.29, 0.717) is 22.7 Å². The first-order chi connectivity index (χ1) is 11.5. The zero-order valence-electron chi connectivity index (χ0n) is 12.8. The smallest absolute Gasteiger partial charge is 0.350 e. The number of ether oxygens (including phenoxy) is 2. The summed E-state index contributed by atoms with van der Waals surface area (Å²) in [5.74, 6) is 0.128. The van der Waals surface area contributed by atoms with Gasteiger partial charge in [-0.1, -0.05) is 0 Å². The van der Waals surface area contributed by atoms with E-state index in [0.717, 1.165) is 0 Å². The van der Waals surface area contributed by atoms with E-state index < -0.39 is 10.9 Å². The first kappa shape index (κ1) is 15.5. The Morgan fingerprint density at radius 3 is 2.67 bits per heavy atom. The van der Waals surface area contributed by atoms with Crippen LogP contribution in [-0.2, 0) is 0 Å². The molecule has 0 aliphatic heterocycles. The second-order valence-corrected chi connectivity index (χ2v) is 4.89. The number of rotatable bonds is 4. The first-order valence-electron chi connectivity index (χ1n) is 6.90. The lowest BCUT2D eigenvalue weighted by Crippen LogP contribution is -2.11. The minimum atomic E-state index is -0.865. The average Bonchev–Trinajstić information content (AvgIpc) is 2.93. The third-order valence-electron chi connectivity index (χ3n) is 3.30. The maximum Gasteiger partial charge on any atom is 0.350 e. The highest BCUT2D eigenvalue weighted by Gasteiger charge is 2.23. The molecule has 2 aromatic carbocycles. The molecular weight excluding hydrogens is 316 g/mol. The van der Waals surface area contributed by atoms with E-state index in [9.17, 15) is 14.9 Å². The van der Waals surface area contributed by atoms with E-state index in [1.807, 2.05) is 0 Å².